The summed E-state index contributed by atoms with van der Waals surface area (Å²) in [6.45, 7) is 4.95. The van der Waals surface area contributed by atoms with Gasteiger partial charge in [-0.3, -0.25) is 0 Å². The lowest BCUT2D eigenvalue weighted by atomic mass is 9.81. The molecule has 1 heterocycles. The smallest absolute Gasteiger partial charge is 0.186 e. The Hall–Kier alpha value is -3.04. The lowest BCUT2D eigenvalue weighted by molar-refractivity contribution is -0.345. The van der Waals surface area contributed by atoms with E-state index < -0.39 is 30.2 Å². The minimum atomic E-state index is -1.48. The van der Waals surface area contributed by atoms with Crippen molar-refractivity contribution in [3.63, 3.8) is 0 Å². The van der Waals surface area contributed by atoms with Crippen molar-refractivity contribution < 1.29 is 33.5 Å². The first-order valence-corrected chi connectivity index (χ1v) is 13.1. The van der Waals surface area contributed by atoms with Crippen molar-refractivity contribution in [3.8, 4) is 5.75 Å². The average molecular weight is 535 g/mol. The Balaban J connectivity index is 1.55. The zero-order valence-electron chi connectivity index (χ0n) is 22.6. The number of hydrogen-bond donors (Lipinski definition) is 1. The fourth-order valence-corrected chi connectivity index (χ4v) is 4.76. The predicted octanol–water partition coefficient (Wildman–Crippen LogP) is 5.06. The maximum absolute atomic E-state index is 12.2. The molecular weight excluding hydrogens is 496 g/mol. The molecule has 39 heavy (non-hydrogen) atoms. The topological polar surface area (TPSA) is 75.6 Å². The normalized spacial score (nSPS) is 24.8. The van der Waals surface area contributed by atoms with Crippen molar-refractivity contribution in [3.05, 3.63) is 114 Å². The average Bonchev–Trinajstić information content (AvgIpc) is 2.98. The zero-order chi connectivity index (χ0) is 27.5. The summed E-state index contributed by atoms with van der Waals surface area (Å²) in [5, 5.41) is 12.2. The van der Waals surface area contributed by atoms with Crippen molar-refractivity contribution in [2.45, 2.75) is 56.4 Å². The maximum Gasteiger partial charge on any atom is 0.186 e. The second-order valence-corrected chi connectivity index (χ2v) is 9.55. The lowest BCUT2D eigenvalue weighted by Gasteiger charge is -2.50. The fraction of sp³-hybridized carbons (Fsp3) is 0.375. The first kappa shape index (κ1) is 29.0. The van der Waals surface area contributed by atoms with E-state index in [9.17, 15) is 5.11 Å². The van der Waals surface area contributed by atoms with Gasteiger partial charge in [0.05, 0.1) is 33.5 Å². The third kappa shape index (κ3) is 7.54. The van der Waals surface area contributed by atoms with Gasteiger partial charge >= 0.3 is 0 Å². The zero-order valence-corrected chi connectivity index (χ0v) is 22.6. The molecular formula is C32H38O7. The summed E-state index contributed by atoms with van der Waals surface area (Å²) in [4.78, 5) is 0. The van der Waals surface area contributed by atoms with E-state index in [1.54, 1.807) is 20.3 Å². The van der Waals surface area contributed by atoms with Crippen LogP contribution in [-0.4, -0.2) is 56.1 Å². The van der Waals surface area contributed by atoms with Crippen LogP contribution in [0.5, 0.6) is 5.75 Å². The quantitative estimate of drug-likeness (QED) is 0.290. The lowest BCUT2D eigenvalue weighted by Crippen LogP contribution is -2.68. The van der Waals surface area contributed by atoms with Gasteiger partial charge in [-0.05, 0) is 35.2 Å². The molecule has 1 saturated heterocycles. The Morgan fingerprint density at radius 1 is 0.821 bits per heavy atom. The molecule has 1 N–H and O–H groups in total. The Kier molecular flexibility index (Phi) is 10.7. The number of methoxy groups -OCH3 is 2. The molecule has 1 aliphatic heterocycles. The summed E-state index contributed by atoms with van der Waals surface area (Å²) in [6.07, 6.45) is -1.15. The van der Waals surface area contributed by atoms with E-state index in [1.807, 2.05) is 84.9 Å². The number of ether oxygens (including phenoxy) is 6. The minimum Gasteiger partial charge on any atom is -0.497 e. The van der Waals surface area contributed by atoms with E-state index in [0.29, 0.717) is 13.2 Å². The van der Waals surface area contributed by atoms with E-state index in [2.05, 4.69) is 6.58 Å². The Morgan fingerprint density at radius 3 is 1.97 bits per heavy atom. The van der Waals surface area contributed by atoms with Crippen LogP contribution in [0.1, 0.15) is 23.1 Å². The maximum atomic E-state index is 12.2. The third-order valence-corrected chi connectivity index (χ3v) is 6.87. The molecule has 3 aromatic carbocycles. The molecule has 1 fully saturated rings. The molecule has 4 rings (SSSR count). The van der Waals surface area contributed by atoms with Gasteiger partial charge in [0, 0.05) is 7.11 Å². The SMILES string of the molecule is C=CC[C@@]1(O)[C@H](OCc2ccccc2)[C@@H](OCc2ccccc2)[C@@H](OC)O[C@@H]1COCc1ccc(OC)cc1. The molecule has 7 heteroatoms. The van der Waals surface area contributed by atoms with Crippen LogP contribution in [0, 0.1) is 0 Å². The fourth-order valence-electron chi connectivity index (χ4n) is 4.76. The van der Waals surface area contributed by atoms with Gasteiger partial charge in [0.2, 0.25) is 0 Å². The molecule has 208 valence electrons. The highest BCUT2D eigenvalue weighted by atomic mass is 16.7. The van der Waals surface area contributed by atoms with Crippen LogP contribution in [0.15, 0.2) is 97.6 Å². The van der Waals surface area contributed by atoms with E-state index in [0.717, 1.165) is 22.4 Å². The molecule has 0 spiro atoms. The Labute approximate surface area is 230 Å². The van der Waals surface area contributed by atoms with E-state index in [4.69, 9.17) is 28.4 Å². The molecule has 0 radical (unpaired) electrons. The molecule has 7 nitrogen and oxygen atoms in total. The van der Waals surface area contributed by atoms with Crippen LogP contribution in [0.4, 0.5) is 0 Å². The van der Waals surface area contributed by atoms with Crippen molar-refractivity contribution in [2.24, 2.45) is 0 Å². The summed E-state index contributed by atoms with van der Waals surface area (Å²) < 4.78 is 36.1. The van der Waals surface area contributed by atoms with E-state index in [-0.39, 0.29) is 19.6 Å². The van der Waals surface area contributed by atoms with Crippen molar-refractivity contribution in [1.82, 2.24) is 0 Å². The standard InChI is InChI=1S/C32H38O7/c1-4-19-32(33)28(23-36-20-26-15-17-27(34-2)18-16-26)39-31(35-3)29(37-21-24-11-7-5-8-12-24)30(32)38-22-25-13-9-6-10-14-25/h4-18,28-31,33H,1,19-23H2,2-3H3/t28-,29-,30-,31+,32+/m1/s1. The second-order valence-electron chi connectivity index (χ2n) is 9.55. The molecule has 0 unspecified atom stereocenters. The van der Waals surface area contributed by atoms with E-state index in [1.165, 1.54) is 0 Å². The minimum absolute atomic E-state index is 0.118. The molecule has 5 atom stereocenters. The molecule has 0 saturated carbocycles. The Morgan fingerprint density at radius 2 is 1.41 bits per heavy atom. The summed E-state index contributed by atoms with van der Waals surface area (Å²) in [6, 6.07) is 27.3. The summed E-state index contributed by atoms with van der Waals surface area (Å²) in [7, 11) is 3.19. The number of rotatable bonds is 14. The third-order valence-electron chi connectivity index (χ3n) is 6.87. The van der Waals surface area contributed by atoms with Gasteiger partial charge in [0.25, 0.3) is 0 Å². The van der Waals surface area contributed by atoms with Gasteiger partial charge in [0.15, 0.2) is 6.29 Å². The molecule has 0 amide bonds. The molecule has 0 aromatic heterocycles. The highest BCUT2D eigenvalue weighted by Gasteiger charge is 2.56. The summed E-state index contributed by atoms with van der Waals surface area (Å²) >= 11 is 0. The first-order valence-electron chi connectivity index (χ1n) is 13.1. The molecule has 0 bridgehead atoms. The van der Waals surface area contributed by atoms with Crippen LogP contribution in [0.25, 0.3) is 0 Å². The first-order chi connectivity index (χ1) is 19.1. The van der Waals surface area contributed by atoms with Crippen molar-refractivity contribution in [2.75, 3.05) is 20.8 Å². The van der Waals surface area contributed by atoms with Crippen LogP contribution < -0.4 is 4.74 Å². The van der Waals surface area contributed by atoms with Gasteiger partial charge in [-0.2, -0.15) is 0 Å². The molecule has 1 aliphatic rings. The van der Waals surface area contributed by atoms with Gasteiger partial charge in [-0.1, -0.05) is 78.9 Å². The Bertz CT molecular complexity index is 1120. The van der Waals surface area contributed by atoms with Crippen LogP contribution in [0.2, 0.25) is 0 Å². The monoisotopic (exact) mass is 534 g/mol. The number of hydrogen-bond acceptors (Lipinski definition) is 7. The summed E-state index contributed by atoms with van der Waals surface area (Å²) in [5.41, 5.74) is 1.47. The van der Waals surface area contributed by atoms with Crippen molar-refractivity contribution in [1.29, 1.82) is 0 Å². The molecule has 0 aliphatic carbocycles. The summed E-state index contributed by atoms with van der Waals surface area (Å²) in [5.74, 6) is 0.776. The number of aliphatic hydroxyl groups is 1. The largest absolute Gasteiger partial charge is 0.497 e. The van der Waals surface area contributed by atoms with Crippen molar-refractivity contribution >= 4 is 0 Å². The van der Waals surface area contributed by atoms with Crippen LogP contribution in [-0.2, 0) is 43.5 Å². The van der Waals surface area contributed by atoms with Crippen LogP contribution >= 0.6 is 0 Å². The van der Waals surface area contributed by atoms with Gasteiger partial charge in [-0.25, -0.2) is 0 Å². The van der Waals surface area contributed by atoms with Crippen LogP contribution in [0.3, 0.4) is 0 Å². The number of benzene rings is 3. The predicted molar refractivity (Wildman–Crippen MR) is 148 cm³/mol. The molecule has 3 aromatic rings. The highest BCUT2D eigenvalue weighted by molar-refractivity contribution is 5.26. The van der Waals surface area contributed by atoms with E-state index >= 15 is 0 Å². The second kappa shape index (κ2) is 14.4. The van der Waals surface area contributed by atoms with Gasteiger partial charge in [0.1, 0.15) is 29.7 Å². The van der Waals surface area contributed by atoms with Gasteiger partial charge < -0.3 is 33.5 Å². The highest BCUT2D eigenvalue weighted by Crippen LogP contribution is 2.38. The van der Waals surface area contributed by atoms with Gasteiger partial charge in [-0.15, -0.1) is 6.58 Å².